The number of nitrogens with one attached hydrogen (secondary N) is 2. The predicted octanol–water partition coefficient (Wildman–Crippen LogP) is 4.00. The zero-order chi connectivity index (χ0) is 24.2. The molecular formula is C26H27ClN6O2. The van der Waals surface area contributed by atoms with E-state index < -0.39 is 0 Å². The van der Waals surface area contributed by atoms with Crippen molar-refractivity contribution in [2.24, 2.45) is 0 Å². The highest BCUT2D eigenvalue weighted by molar-refractivity contribution is 6.30. The van der Waals surface area contributed by atoms with Crippen LogP contribution in [0.3, 0.4) is 0 Å². The van der Waals surface area contributed by atoms with Gasteiger partial charge in [0.05, 0.1) is 17.1 Å². The van der Waals surface area contributed by atoms with E-state index in [4.69, 9.17) is 21.6 Å². The average Bonchev–Trinajstić information content (AvgIpc) is 3.40. The number of piperidine rings is 1. The van der Waals surface area contributed by atoms with Crippen molar-refractivity contribution in [3.63, 3.8) is 0 Å². The van der Waals surface area contributed by atoms with Crippen LogP contribution in [-0.2, 0) is 6.42 Å². The van der Waals surface area contributed by atoms with Crippen LogP contribution in [0, 0.1) is 0 Å². The van der Waals surface area contributed by atoms with Gasteiger partial charge < -0.3 is 20.3 Å². The molecule has 0 aliphatic carbocycles. The maximum absolute atomic E-state index is 12.8. The third-order valence-electron chi connectivity index (χ3n) is 6.22. The van der Waals surface area contributed by atoms with Crippen molar-refractivity contribution in [1.82, 2.24) is 25.3 Å². The molecule has 0 unspecified atom stereocenters. The van der Waals surface area contributed by atoms with Gasteiger partial charge in [0, 0.05) is 54.6 Å². The van der Waals surface area contributed by atoms with Gasteiger partial charge in [0.15, 0.2) is 5.82 Å². The van der Waals surface area contributed by atoms with Crippen molar-refractivity contribution >= 4 is 34.4 Å². The molecular weight excluding hydrogens is 464 g/mol. The highest BCUT2D eigenvalue weighted by Crippen LogP contribution is 2.32. The van der Waals surface area contributed by atoms with Gasteiger partial charge in [-0.15, -0.1) is 0 Å². The summed E-state index contributed by atoms with van der Waals surface area (Å²) in [5.74, 6) is 1.55. The van der Waals surface area contributed by atoms with Gasteiger partial charge in [0.1, 0.15) is 11.5 Å². The lowest BCUT2D eigenvalue weighted by Crippen LogP contribution is -2.36. The lowest BCUT2D eigenvalue weighted by atomic mass is 10.1. The van der Waals surface area contributed by atoms with Gasteiger partial charge in [-0.2, -0.15) is 0 Å². The Morgan fingerprint density at radius 3 is 2.66 bits per heavy atom. The third kappa shape index (κ3) is 5.44. The number of hydrogen-bond acceptors (Lipinski definition) is 6. The van der Waals surface area contributed by atoms with Crippen LogP contribution < -0.4 is 10.2 Å². The number of aromatic amines is 1. The van der Waals surface area contributed by atoms with Crippen LogP contribution in [0.1, 0.15) is 35.4 Å². The minimum Gasteiger partial charge on any atom is -0.393 e. The second kappa shape index (κ2) is 10.4. The molecule has 4 aromatic rings. The SMILES string of the molecule is O=C(NCCCc1ncc[nH]1)c1ccc2nc(N3CCC(O)CC3)c(-c3ccc(Cl)cc3)nc2c1. The molecule has 0 spiro atoms. The molecule has 1 aliphatic heterocycles. The number of rotatable bonds is 7. The molecule has 3 heterocycles. The summed E-state index contributed by atoms with van der Waals surface area (Å²) in [5, 5.41) is 13.6. The standard InChI is InChI=1S/C26H27ClN6O2/c27-19-6-3-17(4-7-19)24-25(33-14-9-20(34)10-15-33)32-21-8-5-18(16-22(21)31-24)26(35)30-11-1-2-23-28-12-13-29-23/h3-8,12-13,16,20,34H,1-2,9-11,14-15H2,(H,28,29)(H,30,35). The quantitative estimate of drug-likeness (QED) is 0.338. The fraction of sp³-hybridized carbons (Fsp3) is 0.308. The molecule has 1 aliphatic rings. The maximum atomic E-state index is 12.8. The Labute approximate surface area is 208 Å². The summed E-state index contributed by atoms with van der Waals surface area (Å²) < 4.78 is 0. The Balaban J connectivity index is 1.40. The summed E-state index contributed by atoms with van der Waals surface area (Å²) in [5.41, 5.74) is 3.55. The van der Waals surface area contributed by atoms with Gasteiger partial charge in [-0.25, -0.2) is 15.0 Å². The Bertz CT molecular complexity index is 1300. The number of nitrogens with zero attached hydrogens (tertiary/aromatic N) is 4. The summed E-state index contributed by atoms with van der Waals surface area (Å²) >= 11 is 6.11. The molecule has 0 atom stereocenters. The molecule has 1 fully saturated rings. The van der Waals surface area contributed by atoms with E-state index in [-0.39, 0.29) is 12.0 Å². The average molecular weight is 491 g/mol. The van der Waals surface area contributed by atoms with E-state index >= 15 is 0 Å². The molecule has 8 nitrogen and oxygen atoms in total. The number of carbonyl (C=O) groups excluding carboxylic acids is 1. The van der Waals surface area contributed by atoms with Crippen LogP contribution in [0.2, 0.25) is 5.02 Å². The second-order valence-electron chi connectivity index (χ2n) is 8.72. The Morgan fingerprint density at radius 2 is 1.91 bits per heavy atom. The number of imidazole rings is 1. The lowest BCUT2D eigenvalue weighted by molar-refractivity contribution is 0.0953. The van der Waals surface area contributed by atoms with Crippen LogP contribution in [0.4, 0.5) is 5.82 Å². The van der Waals surface area contributed by atoms with Crippen molar-refractivity contribution in [2.45, 2.75) is 31.8 Å². The minimum absolute atomic E-state index is 0.143. The fourth-order valence-corrected chi connectivity index (χ4v) is 4.41. The van der Waals surface area contributed by atoms with Crippen LogP contribution >= 0.6 is 11.6 Å². The second-order valence-corrected chi connectivity index (χ2v) is 9.16. The topological polar surface area (TPSA) is 107 Å². The number of fused-ring (bicyclic) bond motifs is 1. The third-order valence-corrected chi connectivity index (χ3v) is 6.47. The van der Waals surface area contributed by atoms with Gasteiger partial charge in [-0.05, 0) is 49.6 Å². The minimum atomic E-state index is -0.279. The molecule has 0 bridgehead atoms. The number of amides is 1. The normalized spacial score (nSPS) is 14.4. The van der Waals surface area contributed by atoms with Gasteiger partial charge in [-0.3, -0.25) is 4.79 Å². The first-order valence-corrected chi connectivity index (χ1v) is 12.2. The fourth-order valence-electron chi connectivity index (χ4n) is 4.28. The monoisotopic (exact) mass is 490 g/mol. The summed E-state index contributed by atoms with van der Waals surface area (Å²) in [6.07, 6.45) is 6.19. The largest absolute Gasteiger partial charge is 0.393 e. The summed E-state index contributed by atoms with van der Waals surface area (Å²) in [4.78, 5) is 32.1. The Hall–Kier alpha value is -3.49. The van der Waals surface area contributed by atoms with Crippen LogP contribution in [0.15, 0.2) is 54.9 Å². The first-order chi connectivity index (χ1) is 17.1. The zero-order valence-electron chi connectivity index (χ0n) is 19.2. The van der Waals surface area contributed by atoms with Crippen LogP contribution in [0.5, 0.6) is 0 Å². The Morgan fingerprint density at radius 1 is 1.11 bits per heavy atom. The molecule has 2 aromatic carbocycles. The van der Waals surface area contributed by atoms with Crippen molar-refractivity contribution in [3.05, 3.63) is 71.3 Å². The number of halogens is 1. The number of H-pyrrole nitrogens is 1. The summed E-state index contributed by atoms with van der Waals surface area (Å²) in [7, 11) is 0. The van der Waals surface area contributed by atoms with E-state index in [1.54, 1.807) is 24.5 Å². The molecule has 1 saturated heterocycles. The maximum Gasteiger partial charge on any atom is 0.251 e. The molecule has 180 valence electrons. The number of aromatic nitrogens is 4. The smallest absolute Gasteiger partial charge is 0.251 e. The summed E-state index contributed by atoms with van der Waals surface area (Å²) in [6, 6.07) is 12.9. The number of anilines is 1. The first kappa shape index (κ1) is 23.3. The predicted molar refractivity (Wildman–Crippen MR) is 137 cm³/mol. The molecule has 3 N–H and O–H groups in total. The van der Waals surface area contributed by atoms with Crippen LogP contribution in [0.25, 0.3) is 22.3 Å². The van der Waals surface area contributed by atoms with E-state index in [0.717, 1.165) is 41.3 Å². The number of benzene rings is 2. The number of hydrogen-bond donors (Lipinski definition) is 3. The Kier molecular flexibility index (Phi) is 6.92. The van der Waals surface area contributed by atoms with Gasteiger partial charge >= 0.3 is 0 Å². The van der Waals surface area contributed by atoms with Crippen molar-refractivity contribution in [1.29, 1.82) is 0 Å². The van der Waals surface area contributed by atoms with Crippen molar-refractivity contribution in [3.8, 4) is 11.3 Å². The number of aliphatic hydroxyl groups excluding tert-OH is 1. The molecule has 9 heteroatoms. The zero-order valence-corrected chi connectivity index (χ0v) is 20.0. The molecule has 1 amide bonds. The van der Waals surface area contributed by atoms with E-state index in [9.17, 15) is 9.90 Å². The molecule has 0 radical (unpaired) electrons. The molecule has 35 heavy (non-hydrogen) atoms. The van der Waals surface area contributed by atoms with Crippen LogP contribution in [-0.4, -0.2) is 56.7 Å². The first-order valence-electron chi connectivity index (χ1n) is 11.8. The molecule has 5 rings (SSSR count). The highest BCUT2D eigenvalue weighted by atomic mass is 35.5. The van der Waals surface area contributed by atoms with E-state index in [1.165, 1.54) is 0 Å². The molecule has 2 aromatic heterocycles. The van der Waals surface area contributed by atoms with Crippen molar-refractivity contribution < 1.29 is 9.90 Å². The lowest BCUT2D eigenvalue weighted by Gasteiger charge is -2.31. The number of carbonyl (C=O) groups is 1. The number of aryl methyl sites for hydroxylation is 1. The van der Waals surface area contributed by atoms with E-state index in [0.29, 0.717) is 48.6 Å². The summed E-state index contributed by atoms with van der Waals surface area (Å²) in [6.45, 7) is 1.97. The molecule has 0 saturated carbocycles. The van der Waals surface area contributed by atoms with Crippen molar-refractivity contribution in [2.75, 3.05) is 24.5 Å². The number of aliphatic hydroxyl groups is 1. The van der Waals surface area contributed by atoms with Gasteiger partial charge in [0.25, 0.3) is 5.91 Å². The van der Waals surface area contributed by atoms with Gasteiger partial charge in [0.2, 0.25) is 0 Å². The van der Waals surface area contributed by atoms with E-state index in [2.05, 4.69) is 20.2 Å². The van der Waals surface area contributed by atoms with E-state index in [1.807, 2.05) is 30.3 Å². The highest BCUT2D eigenvalue weighted by Gasteiger charge is 2.23. The van der Waals surface area contributed by atoms with Gasteiger partial charge in [-0.1, -0.05) is 23.7 Å².